The van der Waals surface area contributed by atoms with E-state index in [-0.39, 0.29) is 12.2 Å². The summed E-state index contributed by atoms with van der Waals surface area (Å²) in [5, 5.41) is 8.47. The van der Waals surface area contributed by atoms with Gasteiger partial charge in [-0.1, -0.05) is 13.3 Å². The molecule has 2 heteroatoms. The predicted molar refractivity (Wildman–Crippen MR) is 42.0 cm³/mol. The van der Waals surface area contributed by atoms with E-state index in [0.29, 0.717) is 6.61 Å². The highest BCUT2D eigenvalue weighted by atomic mass is 16.5. The van der Waals surface area contributed by atoms with Gasteiger partial charge in [0.2, 0.25) is 0 Å². The van der Waals surface area contributed by atoms with E-state index in [1.54, 1.807) is 0 Å². The molecule has 0 heterocycles. The van der Waals surface area contributed by atoms with Crippen molar-refractivity contribution in [3.63, 3.8) is 0 Å². The molecule has 0 aliphatic rings. The Morgan fingerprint density at radius 1 is 1.40 bits per heavy atom. The Labute approximate surface area is 63.2 Å². The van der Waals surface area contributed by atoms with Crippen LogP contribution in [0.15, 0.2) is 0 Å². The van der Waals surface area contributed by atoms with Crippen LogP contribution >= 0.6 is 0 Å². The Bertz CT molecular complexity index is 79.3. The van der Waals surface area contributed by atoms with Gasteiger partial charge in [-0.05, 0) is 20.3 Å². The van der Waals surface area contributed by atoms with E-state index >= 15 is 0 Å². The minimum absolute atomic E-state index is 0.0581. The summed E-state index contributed by atoms with van der Waals surface area (Å²) in [6.07, 6.45) is 2.17. The molecule has 1 N–H and O–H groups in total. The molecule has 0 amide bonds. The molecule has 0 saturated heterocycles. The summed E-state index contributed by atoms with van der Waals surface area (Å²) < 4.78 is 5.37. The lowest BCUT2D eigenvalue weighted by Crippen LogP contribution is -2.25. The summed E-state index contributed by atoms with van der Waals surface area (Å²) in [7, 11) is 0. The zero-order valence-corrected chi connectivity index (χ0v) is 7.18. The van der Waals surface area contributed by atoms with Gasteiger partial charge in [0, 0.05) is 0 Å². The highest BCUT2D eigenvalue weighted by Crippen LogP contribution is 2.15. The monoisotopic (exact) mass is 146 g/mol. The van der Waals surface area contributed by atoms with Crippen LogP contribution in [0, 0.1) is 0 Å². The van der Waals surface area contributed by atoms with E-state index in [2.05, 4.69) is 6.92 Å². The zero-order valence-electron chi connectivity index (χ0n) is 7.18. The summed E-state index contributed by atoms with van der Waals surface area (Å²) in [4.78, 5) is 0. The van der Waals surface area contributed by atoms with Crippen LogP contribution < -0.4 is 0 Å². The first-order valence-corrected chi connectivity index (χ1v) is 3.87. The van der Waals surface area contributed by atoms with Crippen LogP contribution in [0.2, 0.25) is 0 Å². The summed E-state index contributed by atoms with van der Waals surface area (Å²) in [5.41, 5.74) is -0.0581. The van der Waals surface area contributed by atoms with Crippen molar-refractivity contribution in [3.8, 4) is 0 Å². The maximum absolute atomic E-state index is 8.47. The summed E-state index contributed by atoms with van der Waals surface area (Å²) in [6, 6.07) is 0. The Hall–Kier alpha value is -0.0800. The molecule has 0 atom stereocenters. The van der Waals surface area contributed by atoms with Gasteiger partial charge in [-0.15, -0.1) is 0 Å². The minimum Gasteiger partial charge on any atom is -0.394 e. The van der Waals surface area contributed by atoms with Gasteiger partial charge >= 0.3 is 0 Å². The molecule has 0 unspecified atom stereocenters. The first kappa shape index (κ1) is 9.92. The molecule has 0 radical (unpaired) electrons. The van der Waals surface area contributed by atoms with E-state index in [4.69, 9.17) is 9.84 Å². The van der Waals surface area contributed by atoms with Crippen LogP contribution in [-0.2, 0) is 4.74 Å². The molecule has 0 aromatic rings. The van der Waals surface area contributed by atoms with Crippen molar-refractivity contribution >= 4 is 0 Å². The van der Waals surface area contributed by atoms with Gasteiger partial charge in [0.15, 0.2) is 0 Å². The second-order valence-electron chi connectivity index (χ2n) is 3.08. The van der Waals surface area contributed by atoms with Gasteiger partial charge in [0.05, 0.1) is 18.8 Å². The van der Waals surface area contributed by atoms with Crippen molar-refractivity contribution in [2.45, 2.75) is 39.2 Å². The molecular weight excluding hydrogens is 128 g/mol. The van der Waals surface area contributed by atoms with Crippen LogP contribution in [0.3, 0.4) is 0 Å². The highest BCUT2D eigenvalue weighted by Gasteiger charge is 2.15. The fourth-order valence-electron chi connectivity index (χ4n) is 0.996. The van der Waals surface area contributed by atoms with Crippen LogP contribution in [0.1, 0.15) is 33.6 Å². The molecule has 0 fully saturated rings. The molecule has 0 bridgehead atoms. The Morgan fingerprint density at radius 3 is 2.40 bits per heavy atom. The fraction of sp³-hybridized carbons (Fsp3) is 1.00. The average Bonchev–Trinajstić information content (AvgIpc) is 1.84. The Kier molecular flexibility index (Phi) is 4.65. The minimum atomic E-state index is -0.0581. The number of ether oxygens (including phenoxy) is 1. The van der Waals surface area contributed by atoms with E-state index in [0.717, 1.165) is 12.8 Å². The molecule has 62 valence electrons. The smallest absolute Gasteiger partial charge is 0.0704 e. The van der Waals surface area contributed by atoms with Crippen LogP contribution in [0.4, 0.5) is 0 Å². The number of hydrogen-bond acceptors (Lipinski definition) is 2. The van der Waals surface area contributed by atoms with Crippen molar-refractivity contribution < 1.29 is 9.84 Å². The fourth-order valence-corrected chi connectivity index (χ4v) is 0.996. The molecule has 0 saturated carbocycles. The van der Waals surface area contributed by atoms with Crippen LogP contribution in [-0.4, -0.2) is 23.9 Å². The molecule has 2 nitrogen and oxygen atoms in total. The van der Waals surface area contributed by atoms with Gasteiger partial charge in [0.25, 0.3) is 0 Å². The second-order valence-corrected chi connectivity index (χ2v) is 3.08. The van der Waals surface area contributed by atoms with Crippen LogP contribution in [0.25, 0.3) is 0 Å². The molecule has 0 aliphatic carbocycles. The first-order valence-electron chi connectivity index (χ1n) is 3.87. The van der Waals surface area contributed by atoms with Crippen molar-refractivity contribution in [1.29, 1.82) is 0 Å². The molecule has 0 aromatic carbocycles. The summed E-state index contributed by atoms with van der Waals surface area (Å²) in [5.74, 6) is 0. The lowest BCUT2D eigenvalue weighted by Gasteiger charge is -2.23. The van der Waals surface area contributed by atoms with Gasteiger partial charge in [-0.3, -0.25) is 0 Å². The van der Waals surface area contributed by atoms with Crippen molar-refractivity contribution in [2.24, 2.45) is 0 Å². The largest absolute Gasteiger partial charge is 0.394 e. The Balaban J connectivity index is 3.42. The normalized spacial score (nSPS) is 12.0. The van der Waals surface area contributed by atoms with Crippen molar-refractivity contribution in [3.05, 3.63) is 0 Å². The molecule has 0 aliphatic heterocycles. The third-order valence-corrected chi connectivity index (χ3v) is 1.44. The van der Waals surface area contributed by atoms with Gasteiger partial charge < -0.3 is 9.84 Å². The average molecular weight is 146 g/mol. The lowest BCUT2D eigenvalue weighted by molar-refractivity contribution is -0.0383. The standard InChI is InChI=1S/C8H18O2/c1-4-5-8(2,3)10-7-6-9/h9H,4-7H2,1-3H3. The second kappa shape index (κ2) is 4.69. The third kappa shape index (κ3) is 4.77. The summed E-state index contributed by atoms with van der Waals surface area (Å²) in [6.45, 7) is 6.79. The number of rotatable bonds is 5. The van der Waals surface area contributed by atoms with E-state index in [1.807, 2.05) is 13.8 Å². The summed E-state index contributed by atoms with van der Waals surface area (Å²) >= 11 is 0. The lowest BCUT2D eigenvalue weighted by atomic mass is 10.0. The van der Waals surface area contributed by atoms with Gasteiger partial charge in [-0.25, -0.2) is 0 Å². The molecular formula is C8H18O2. The SMILES string of the molecule is CCCC(C)(C)OCCO. The Morgan fingerprint density at radius 2 is 2.00 bits per heavy atom. The topological polar surface area (TPSA) is 29.5 Å². The molecule has 0 spiro atoms. The van der Waals surface area contributed by atoms with Crippen LogP contribution in [0.5, 0.6) is 0 Å². The number of aliphatic hydroxyl groups excluding tert-OH is 1. The van der Waals surface area contributed by atoms with E-state index in [1.165, 1.54) is 0 Å². The molecule has 0 aromatic heterocycles. The predicted octanol–water partition coefficient (Wildman–Crippen LogP) is 1.57. The maximum Gasteiger partial charge on any atom is 0.0704 e. The maximum atomic E-state index is 8.47. The van der Waals surface area contributed by atoms with Gasteiger partial charge in [0.1, 0.15) is 0 Å². The molecule has 10 heavy (non-hydrogen) atoms. The third-order valence-electron chi connectivity index (χ3n) is 1.44. The first-order chi connectivity index (χ1) is 4.62. The number of hydrogen-bond donors (Lipinski definition) is 1. The van der Waals surface area contributed by atoms with Gasteiger partial charge in [-0.2, -0.15) is 0 Å². The highest BCUT2D eigenvalue weighted by molar-refractivity contribution is 4.66. The number of aliphatic hydroxyl groups is 1. The molecule has 0 rings (SSSR count). The van der Waals surface area contributed by atoms with E-state index < -0.39 is 0 Å². The van der Waals surface area contributed by atoms with Crippen molar-refractivity contribution in [1.82, 2.24) is 0 Å². The zero-order chi connectivity index (χ0) is 8.04. The van der Waals surface area contributed by atoms with E-state index in [9.17, 15) is 0 Å². The quantitative estimate of drug-likeness (QED) is 0.638. The van der Waals surface area contributed by atoms with Crippen molar-refractivity contribution in [2.75, 3.05) is 13.2 Å².